The molecule has 2 aromatic rings. The number of nitrogens with zero attached hydrogens (tertiary/aromatic N) is 1. The molecule has 1 aromatic carbocycles. The van der Waals surface area contributed by atoms with Crippen molar-refractivity contribution >= 4 is 23.9 Å². The third-order valence-electron chi connectivity index (χ3n) is 3.19. The predicted octanol–water partition coefficient (Wildman–Crippen LogP) is 2.26. The molecule has 0 spiro atoms. The minimum absolute atomic E-state index is 0.155. The van der Waals surface area contributed by atoms with Crippen molar-refractivity contribution in [2.24, 2.45) is 7.05 Å². The van der Waals surface area contributed by atoms with Crippen molar-refractivity contribution in [1.29, 1.82) is 0 Å². The van der Waals surface area contributed by atoms with Gasteiger partial charge in [0.15, 0.2) is 0 Å². The van der Waals surface area contributed by atoms with E-state index in [0.29, 0.717) is 0 Å². The zero-order chi connectivity index (χ0) is 12.0. The first-order chi connectivity index (χ1) is 7.43. The Morgan fingerprint density at radius 1 is 1.12 bits per heavy atom. The van der Waals surface area contributed by atoms with Crippen molar-refractivity contribution in [2.45, 2.75) is 19.8 Å². The molecule has 0 saturated heterocycles. The van der Waals surface area contributed by atoms with Gasteiger partial charge in [-0.05, 0) is 23.6 Å². The van der Waals surface area contributed by atoms with Crippen LogP contribution in [-0.4, -0.2) is 4.57 Å². The molecule has 2 rings (SSSR count). The molecule has 0 saturated carbocycles. The number of benzene rings is 1. The maximum absolute atomic E-state index is 13.8. The summed E-state index contributed by atoms with van der Waals surface area (Å²) in [4.78, 5) is 0. The van der Waals surface area contributed by atoms with E-state index in [9.17, 15) is 4.39 Å². The van der Waals surface area contributed by atoms with Gasteiger partial charge in [-0.2, -0.15) is 0 Å². The Kier molecular flexibility index (Phi) is 2.38. The Balaban J connectivity index is 2.96. The molecule has 16 heavy (non-hydrogen) atoms. The van der Waals surface area contributed by atoms with Gasteiger partial charge in [0.2, 0.25) is 0 Å². The summed E-state index contributed by atoms with van der Waals surface area (Å²) in [6.45, 7) is 11.9. The van der Waals surface area contributed by atoms with Crippen LogP contribution in [0.5, 0.6) is 0 Å². The molecule has 0 unspecified atom stereocenters. The molecule has 0 aliphatic carbocycles. The Labute approximate surface area is 94.5 Å². The van der Waals surface area contributed by atoms with Gasteiger partial charge >= 0.3 is 0 Å². The Bertz CT molecular complexity index is 650. The SMILES string of the molecule is C=c1c2cc(F)c(C(C)C)cc2c(=C)n1C. The summed E-state index contributed by atoms with van der Waals surface area (Å²) in [6, 6.07) is 3.47. The molecule has 0 fully saturated rings. The molecule has 0 radical (unpaired) electrons. The van der Waals surface area contributed by atoms with Crippen LogP contribution in [0, 0.1) is 5.82 Å². The van der Waals surface area contributed by atoms with Gasteiger partial charge in [-0.3, -0.25) is 0 Å². The minimum atomic E-state index is -0.155. The lowest BCUT2D eigenvalue weighted by molar-refractivity contribution is 0.600. The van der Waals surface area contributed by atoms with Crippen LogP contribution in [0.2, 0.25) is 0 Å². The molecule has 0 atom stereocenters. The van der Waals surface area contributed by atoms with Crippen molar-refractivity contribution in [3.63, 3.8) is 0 Å². The van der Waals surface area contributed by atoms with Crippen LogP contribution in [0.25, 0.3) is 23.9 Å². The summed E-state index contributed by atoms with van der Waals surface area (Å²) in [7, 11) is 1.90. The highest BCUT2D eigenvalue weighted by Crippen LogP contribution is 2.21. The second-order valence-corrected chi connectivity index (χ2v) is 4.53. The van der Waals surface area contributed by atoms with Gasteiger partial charge in [-0.25, -0.2) is 4.39 Å². The summed E-state index contributed by atoms with van der Waals surface area (Å²) < 4.78 is 15.7. The minimum Gasteiger partial charge on any atom is -0.345 e. The van der Waals surface area contributed by atoms with Gasteiger partial charge in [0.05, 0.1) is 0 Å². The van der Waals surface area contributed by atoms with Crippen LogP contribution >= 0.6 is 0 Å². The lowest BCUT2D eigenvalue weighted by atomic mass is 10.00. The molecule has 1 nitrogen and oxygen atoms in total. The third kappa shape index (κ3) is 1.37. The predicted molar refractivity (Wildman–Crippen MR) is 67.3 cm³/mol. The van der Waals surface area contributed by atoms with Crippen molar-refractivity contribution in [3.05, 3.63) is 34.2 Å². The number of halogens is 1. The number of rotatable bonds is 1. The van der Waals surface area contributed by atoms with Gasteiger partial charge < -0.3 is 4.57 Å². The van der Waals surface area contributed by atoms with Gasteiger partial charge in [-0.15, -0.1) is 0 Å². The number of hydrogen-bond acceptors (Lipinski definition) is 0. The second kappa shape index (κ2) is 3.48. The van der Waals surface area contributed by atoms with Crippen LogP contribution in [0.15, 0.2) is 12.1 Å². The zero-order valence-electron chi connectivity index (χ0n) is 9.97. The number of aromatic nitrogens is 1. The van der Waals surface area contributed by atoms with Crippen LogP contribution in [-0.2, 0) is 7.05 Å². The first-order valence-electron chi connectivity index (χ1n) is 5.39. The smallest absolute Gasteiger partial charge is 0.127 e. The summed E-state index contributed by atoms with van der Waals surface area (Å²) in [5.74, 6) is 0.0234. The van der Waals surface area contributed by atoms with Gasteiger partial charge in [0.25, 0.3) is 0 Å². The molecule has 0 amide bonds. The van der Waals surface area contributed by atoms with E-state index in [4.69, 9.17) is 0 Å². The Morgan fingerprint density at radius 3 is 2.12 bits per heavy atom. The summed E-state index contributed by atoms with van der Waals surface area (Å²) in [5.41, 5.74) is 0.739. The molecule has 0 aliphatic heterocycles. The molecule has 0 N–H and O–H groups in total. The summed E-state index contributed by atoms with van der Waals surface area (Å²) in [5, 5.41) is 3.56. The summed E-state index contributed by atoms with van der Waals surface area (Å²) in [6.07, 6.45) is 0. The van der Waals surface area contributed by atoms with E-state index in [1.165, 1.54) is 0 Å². The fraction of sp³-hybridized carbons (Fsp3) is 0.286. The van der Waals surface area contributed by atoms with E-state index >= 15 is 0 Å². The third-order valence-corrected chi connectivity index (χ3v) is 3.19. The van der Waals surface area contributed by atoms with Gasteiger partial charge in [0.1, 0.15) is 5.82 Å². The van der Waals surface area contributed by atoms with Gasteiger partial charge in [0, 0.05) is 28.5 Å². The van der Waals surface area contributed by atoms with Gasteiger partial charge in [-0.1, -0.05) is 27.0 Å². The van der Waals surface area contributed by atoms with Crippen molar-refractivity contribution < 1.29 is 4.39 Å². The standard InChI is InChI=1S/C14H16FN/c1-8(2)11-6-12-9(3)16(5)10(4)13(12)7-14(11)15/h6-8H,3-4H2,1-2,5H3. The molecular weight excluding hydrogens is 201 g/mol. The lowest BCUT2D eigenvalue weighted by Crippen LogP contribution is -2.20. The van der Waals surface area contributed by atoms with E-state index < -0.39 is 0 Å². The van der Waals surface area contributed by atoms with Crippen LogP contribution in [0.3, 0.4) is 0 Å². The first kappa shape index (κ1) is 10.9. The van der Waals surface area contributed by atoms with Crippen molar-refractivity contribution in [3.8, 4) is 0 Å². The molecule has 1 heterocycles. The topological polar surface area (TPSA) is 4.93 Å². The fourth-order valence-electron chi connectivity index (χ4n) is 2.03. The van der Waals surface area contributed by atoms with Crippen molar-refractivity contribution in [1.82, 2.24) is 4.57 Å². The number of fused-ring (bicyclic) bond motifs is 1. The quantitative estimate of drug-likeness (QED) is 0.690. The van der Waals surface area contributed by atoms with Crippen molar-refractivity contribution in [2.75, 3.05) is 0 Å². The number of hydrogen-bond donors (Lipinski definition) is 0. The molecule has 1 aromatic heterocycles. The zero-order valence-corrected chi connectivity index (χ0v) is 9.97. The second-order valence-electron chi connectivity index (χ2n) is 4.53. The molecule has 0 aliphatic rings. The van der Waals surface area contributed by atoms with Crippen LogP contribution < -0.4 is 10.7 Å². The highest BCUT2D eigenvalue weighted by atomic mass is 19.1. The molecule has 84 valence electrons. The normalized spacial score (nSPS) is 11.6. The van der Waals surface area contributed by atoms with E-state index in [-0.39, 0.29) is 11.7 Å². The van der Waals surface area contributed by atoms with Crippen LogP contribution in [0.1, 0.15) is 25.3 Å². The first-order valence-corrected chi connectivity index (χ1v) is 5.39. The largest absolute Gasteiger partial charge is 0.345 e. The summed E-state index contributed by atoms with van der Waals surface area (Å²) >= 11 is 0. The Morgan fingerprint density at radius 2 is 1.62 bits per heavy atom. The Hall–Kier alpha value is -1.57. The average molecular weight is 217 g/mol. The highest BCUT2D eigenvalue weighted by Gasteiger charge is 2.11. The van der Waals surface area contributed by atoms with Crippen LogP contribution in [0.4, 0.5) is 4.39 Å². The van der Waals surface area contributed by atoms with E-state index in [1.807, 2.05) is 31.5 Å². The van der Waals surface area contributed by atoms with E-state index in [1.54, 1.807) is 6.07 Å². The lowest BCUT2D eigenvalue weighted by Gasteiger charge is -2.06. The average Bonchev–Trinajstić information content (AvgIpc) is 2.43. The maximum Gasteiger partial charge on any atom is 0.127 e. The molecule has 2 heteroatoms. The molecular formula is C14H16FN. The monoisotopic (exact) mass is 217 g/mol. The van der Waals surface area contributed by atoms with E-state index in [0.717, 1.165) is 27.0 Å². The molecule has 0 bridgehead atoms. The highest BCUT2D eigenvalue weighted by molar-refractivity contribution is 5.84. The fourth-order valence-corrected chi connectivity index (χ4v) is 2.03. The van der Waals surface area contributed by atoms with E-state index in [2.05, 4.69) is 13.2 Å². The maximum atomic E-state index is 13.8.